The molecule has 21 heavy (non-hydrogen) atoms. The lowest BCUT2D eigenvalue weighted by Crippen LogP contribution is -2.50. The first-order valence-corrected chi connectivity index (χ1v) is 9.54. The smallest absolute Gasteiger partial charge is 0.236 e. The second kappa shape index (κ2) is 6.62. The molecule has 0 aliphatic carbocycles. The SMILES string of the molecule is CC1CCC(CN)CN1CC(=O)N(C)C1CCS(=O)(=O)C1. The molecule has 2 fully saturated rings. The van der Waals surface area contributed by atoms with Crippen molar-refractivity contribution in [1.29, 1.82) is 0 Å². The number of likely N-dealkylation sites (tertiary alicyclic amines) is 1. The molecule has 2 heterocycles. The summed E-state index contributed by atoms with van der Waals surface area (Å²) in [6.45, 7) is 4.03. The van der Waals surface area contributed by atoms with Crippen molar-refractivity contribution in [2.75, 3.05) is 38.2 Å². The van der Waals surface area contributed by atoms with Crippen molar-refractivity contribution in [3.63, 3.8) is 0 Å². The van der Waals surface area contributed by atoms with E-state index in [2.05, 4.69) is 11.8 Å². The second-order valence-electron chi connectivity index (χ2n) is 6.52. The summed E-state index contributed by atoms with van der Waals surface area (Å²) in [5.41, 5.74) is 5.74. The van der Waals surface area contributed by atoms with Crippen LogP contribution in [0.5, 0.6) is 0 Å². The zero-order chi connectivity index (χ0) is 15.6. The van der Waals surface area contributed by atoms with Crippen LogP contribution in [0.25, 0.3) is 0 Å². The number of carbonyl (C=O) groups is 1. The number of nitrogens with zero attached hydrogens (tertiary/aromatic N) is 2. The lowest BCUT2D eigenvalue weighted by Gasteiger charge is -2.38. The molecule has 1 amide bonds. The third-order valence-corrected chi connectivity index (χ3v) is 6.68. The van der Waals surface area contributed by atoms with Crippen molar-refractivity contribution in [3.8, 4) is 0 Å². The number of amides is 1. The molecule has 6 nitrogen and oxygen atoms in total. The van der Waals surface area contributed by atoms with Gasteiger partial charge < -0.3 is 10.6 Å². The summed E-state index contributed by atoms with van der Waals surface area (Å²) in [6, 6.07) is 0.227. The Morgan fingerprint density at radius 1 is 1.33 bits per heavy atom. The van der Waals surface area contributed by atoms with E-state index >= 15 is 0 Å². The number of sulfone groups is 1. The number of hydrogen-bond acceptors (Lipinski definition) is 5. The molecule has 122 valence electrons. The number of rotatable bonds is 4. The highest BCUT2D eigenvalue weighted by Crippen LogP contribution is 2.22. The van der Waals surface area contributed by atoms with Gasteiger partial charge in [-0.25, -0.2) is 8.42 Å². The van der Waals surface area contributed by atoms with Crippen LogP contribution in [0.3, 0.4) is 0 Å². The summed E-state index contributed by atoms with van der Waals surface area (Å²) in [6.07, 6.45) is 2.75. The molecular weight excluding hydrogens is 290 g/mol. The average molecular weight is 317 g/mol. The summed E-state index contributed by atoms with van der Waals surface area (Å²) in [5, 5.41) is 0. The topological polar surface area (TPSA) is 83.7 Å². The summed E-state index contributed by atoms with van der Waals surface area (Å²) in [4.78, 5) is 16.2. The third-order valence-electron chi connectivity index (χ3n) is 4.93. The minimum absolute atomic E-state index is 0.0154. The number of nitrogens with two attached hydrogens (primary N) is 1. The predicted octanol–water partition coefficient (Wildman–Crippen LogP) is -0.309. The minimum Gasteiger partial charge on any atom is -0.341 e. The summed E-state index contributed by atoms with van der Waals surface area (Å²) in [7, 11) is -1.23. The highest BCUT2D eigenvalue weighted by molar-refractivity contribution is 7.91. The molecule has 2 rings (SSSR count). The zero-order valence-corrected chi connectivity index (χ0v) is 13.8. The van der Waals surface area contributed by atoms with Gasteiger partial charge in [0.05, 0.1) is 18.1 Å². The largest absolute Gasteiger partial charge is 0.341 e. The minimum atomic E-state index is -2.95. The van der Waals surface area contributed by atoms with Gasteiger partial charge in [0.1, 0.15) is 0 Å². The summed E-state index contributed by atoms with van der Waals surface area (Å²) >= 11 is 0. The van der Waals surface area contributed by atoms with Crippen molar-refractivity contribution in [3.05, 3.63) is 0 Å². The molecular formula is C14H27N3O3S. The molecule has 3 unspecified atom stereocenters. The maximum atomic E-state index is 12.4. The summed E-state index contributed by atoms with van der Waals surface area (Å²) < 4.78 is 23.1. The van der Waals surface area contributed by atoms with Crippen molar-refractivity contribution in [2.24, 2.45) is 11.7 Å². The average Bonchev–Trinajstić information content (AvgIpc) is 2.80. The predicted molar refractivity (Wildman–Crippen MR) is 82.6 cm³/mol. The first-order chi connectivity index (χ1) is 9.82. The van der Waals surface area contributed by atoms with Crippen LogP contribution in [0, 0.1) is 5.92 Å². The third kappa shape index (κ3) is 4.17. The van der Waals surface area contributed by atoms with E-state index < -0.39 is 9.84 Å². The fourth-order valence-corrected chi connectivity index (χ4v) is 5.02. The molecule has 0 aromatic rings. The normalized spacial score (nSPS) is 33.0. The highest BCUT2D eigenvalue weighted by atomic mass is 32.2. The molecule has 0 aromatic heterocycles. The first-order valence-electron chi connectivity index (χ1n) is 7.72. The number of hydrogen-bond donors (Lipinski definition) is 1. The fourth-order valence-electron chi connectivity index (χ4n) is 3.24. The van der Waals surface area contributed by atoms with Gasteiger partial charge >= 0.3 is 0 Å². The van der Waals surface area contributed by atoms with Crippen LogP contribution in [-0.2, 0) is 14.6 Å². The summed E-state index contributed by atoms with van der Waals surface area (Å²) in [5.74, 6) is 0.786. The van der Waals surface area contributed by atoms with Crippen molar-refractivity contribution in [2.45, 2.75) is 38.3 Å². The molecule has 3 atom stereocenters. The van der Waals surface area contributed by atoms with E-state index in [1.54, 1.807) is 11.9 Å². The van der Waals surface area contributed by atoms with Gasteiger partial charge in [0, 0.05) is 25.7 Å². The molecule has 0 bridgehead atoms. The Hall–Kier alpha value is -0.660. The molecule has 2 aliphatic rings. The molecule has 2 N–H and O–H groups in total. The Kier molecular flexibility index (Phi) is 5.27. The van der Waals surface area contributed by atoms with Crippen molar-refractivity contribution < 1.29 is 13.2 Å². The lowest BCUT2D eigenvalue weighted by molar-refractivity contribution is -0.133. The Balaban J connectivity index is 1.91. The Morgan fingerprint density at radius 3 is 2.62 bits per heavy atom. The monoisotopic (exact) mass is 317 g/mol. The van der Waals surface area contributed by atoms with Crippen LogP contribution in [-0.4, -0.2) is 74.4 Å². The van der Waals surface area contributed by atoms with Gasteiger partial charge in [-0.2, -0.15) is 0 Å². The van der Waals surface area contributed by atoms with Gasteiger partial charge in [-0.1, -0.05) is 0 Å². The van der Waals surface area contributed by atoms with Gasteiger partial charge in [-0.15, -0.1) is 0 Å². The van der Waals surface area contributed by atoms with Crippen LogP contribution in [0.4, 0.5) is 0 Å². The van der Waals surface area contributed by atoms with Crippen molar-refractivity contribution in [1.82, 2.24) is 9.80 Å². The first kappa shape index (κ1) is 16.7. The zero-order valence-electron chi connectivity index (χ0n) is 13.0. The molecule has 0 aromatic carbocycles. The van der Waals surface area contributed by atoms with Gasteiger partial charge in [0.25, 0.3) is 0 Å². The van der Waals surface area contributed by atoms with E-state index in [1.807, 2.05) is 0 Å². The van der Waals surface area contributed by atoms with E-state index in [1.165, 1.54) is 0 Å². The van der Waals surface area contributed by atoms with E-state index in [4.69, 9.17) is 5.73 Å². The molecule has 0 radical (unpaired) electrons. The van der Waals surface area contributed by atoms with Crippen LogP contribution in [0.15, 0.2) is 0 Å². The van der Waals surface area contributed by atoms with E-state index in [-0.39, 0.29) is 23.5 Å². The molecule has 7 heteroatoms. The van der Waals surface area contributed by atoms with Crippen LogP contribution < -0.4 is 5.73 Å². The lowest BCUT2D eigenvalue weighted by atomic mass is 9.93. The van der Waals surface area contributed by atoms with Gasteiger partial charge in [-0.05, 0) is 38.6 Å². The molecule has 0 spiro atoms. The Labute approximate surface area is 127 Å². The van der Waals surface area contributed by atoms with E-state index in [0.29, 0.717) is 31.5 Å². The van der Waals surface area contributed by atoms with Crippen LogP contribution >= 0.6 is 0 Å². The van der Waals surface area contributed by atoms with Gasteiger partial charge in [-0.3, -0.25) is 9.69 Å². The fraction of sp³-hybridized carbons (Fsp3) is 0.929. The van der Waals surface area contributed by atoms with Crippen molar-refractivity contribution >= 4 is 15.7 Å². The second-order valence-corrected chi connectivity index (χ2v) is 8.75. The molecule has 2 aliphatic heterocycles. The van der Waals surface area contributed by atoms with E-state index in [0.717, 1.165) is 19.4 Å². The number of piperidine rings is 1. The standard InChI is InChI=1S/C14H27N3O3S/c1-11-3-4-12(7-15)8-17(11)9-14(18)16(2)13-5-6-21(19,20)10-13/h11-13H,3-10,15H2,1-2H3. The Bertz CT molecular complexity index is 480. The Morgan fingerprint density at radius 2 is 2.05 bits per heavy atom. The molecule has 0 saturated carbocycles. The van der Waals surface area contributed by atoms with Crippen LogP contribution in [0.2, 0.25) is 0 Å². The van der Waals surface area contributed by atoms with Gasteiger partial charge in [0.2, 0.25) is 5.91 Å². The maximum absolute atomic E-state index is 12.4. The van der Waals surface area contributed by atoms with Gasteiger partial charge in [0.15, 0.2) is 9.84 Å². The molecule has 2 saturated heterocycles. The quantitative estimate of drug-likeness (QED) is 0.769. The maximum Gasteiger partial charge on any atom is 0.236 e. The van der Waals surface area contributed by atoms with Crippen LogP contribution in [0.1, 0.15) is 26.2 Å². The number of likely N-dealkylation sites (N-methyl/N-ethyl adjacent to an activating group) is 1. The number of carbonyl (C=O) groups excluding carboxylic acids is 1. The van der Waals surface area contributed by atoms with E-state index in [9.17, 15) is 13.2 Å². The highest BCUT2D eigenvalue weighted by Gasteiger charge is 2.34.